The maximum Gasteiger partial charge on any atom is 0.357 e. The van der Waals surface area contributed by atoms with Crippen molar-refractivity contribution in [2.24, 2.45) is 0 Å². The minimum atomic E-state index is -0.551. The summed E-state index contributed by atoms with van der Waals surface area (Å²) in [6, 6.07) is 13.6. The van der Waals surface area contributed by atoms with Crippen LogP contribution in [-0.2, 0) is 21.6 Å². The monoisotopic (exact) mass is 671 g/mol. The molecule has 262 valence electrons. The van der Waals surface area contributed by atoms with Gasteiger partial charge in [-0.3, -0.25) is 9.20 Å². The molecule has 0 saturated carbocycles. The molecule has 0 bridgehead atoms. The third kappa shape index (κ3) is 7.22. The van der Waals surface area contributed by atoms with Crippen molar-refractivity contribution < 1.29 is 19.2 Å². The van der Waals surface area contributed by atoms with Gasteiger partial charge in [0, 0.05) is 30.1 Å². The van der Waals surface area contributed by atoms with Crippen molar-refractivity contribution in [3.05, 3.63) is 65.5 Å². The molecule has 0 radical (unpaired) electrons. The lowest BCUT2D eigenvalue weighted by Gasteiger charge is -2.39. The van der Waals surface area contributed by atoms with Gasteiger partial charge in [-0.2, -0.15) is 5.10 Å². The maximum absolute atomic E-state index is 13.9. The molecule has 1 saturated heterocycles. The first-order chi connectivity index (χ1) is 23.4. The normalized spacial score (nSPS) is 21.0. The van der Waals surface area contributed by atoms with Gasteiger partial charge in [0.05, 0.1) is 24.5 Å². The second-order valence-corrected chi connectivity index (χ2v) is 14.6. The van der Waals surface area contributed by atoms with Crippen LogP contribution in [0.4, 0.5) is 16.6 Å². The van der Waals surface area contributed by atoms with Crippen LogP contribution in [-0.4, -0.2) is 74.5 Å². The number of piperidine rings is 1. The first kappa shape index (κ1) is 34.2. The Labute approximate surface area is 288 Å². The predicted octanol–water partition coefficient (Wildman–Crippen LogP) is 5.81. The predicted molar refractivity (Wildman–Crippen MR) is 188 cm³/mol. The Morgan fingerprint density at radius 2 is 1.76 bits per heavy atom. The van der Waals surface area contributed by atoms with E-state index in [1.807, 2.05) is 72.1 Å². The lowest BCUT2D eigenvalue weighted by molar-refractivity contribution is -0.129. The first-order valence-electron chi connectivity index (χ1n) is 17.3. The summed E-state index contributed by atoms with van der Waals surface area (Å²) in [5, 5.41) is 17.9. The van der Waals surface area contributed by atoms with Crippen molar-refractivity contribution in [1.29, 1.82) is 0 Å². The summed E-state index contributed by atoms with van der Waals surface area (Å²) < 4.78 is 10.4. The Kier molecular flexibility index (Phi) is 9.82. The van der Waals surface area contributed by atoms with Crippen molar-refractivity contribution in [3.63, 3.8) is 0 Å². The molecular formula is C36H49N9O4. The minimum Gasteiger partial charge on any atom is -0.484 e. The average molecular weight is 672 g/mol. The largest absolute Gasteiger partial charge is 0.484 e. The smallest absolute Gasteiger partial charge is 0.357 e. The van der Waals surface area contributed by atoms with Gasteiger partial charge in [0.25, 0.3) is 0 Å². The summed E-state index contributed by atoms with van der Waals surface area (Å²) in [5.41, 5.74) is 3.24. The van der Waals surface area contributed by atoms with Crippen LogP contribution in [0.3, 0.4) is 0 Å². The fourth-order valence-electron chi connectivity index (χ4n) is 6.96. The van der Waals surface area contributed by atoms with Gasteiger partial charge in [-0.15, -0.1) is 15.3 Å². The van der Waals surface area contributed by atoms with Crippen molar-refractivity contribution >= 4 is 29.9 Å². The van der Waals surface area contributed by atoms with E-state index in [9.17, 15) is 9.59 Å². The number of fused-ring (bicyclic) bond motifs is 2. The van der Waals surface area contributed by atoms with Crippen LogP contribution in [0, 0.1) is 0 Å². The maximum atomic E-state index is 13.9. The van der Waals surface area contributed by atoms with E-state index in [4.69, 9.17) is 14.7 Å². The number of pyridine rings is 1. The van der Waals surface area contributed by atoms with Gasteiger partial charge in [-0.1, -0.05) is 45.0 Å². The number of hydrogen-bond donors (Lipinski definition) is 1. The lowest BCUT2D eigenvalue weighted by Crippen LogP contribution is -2.44. The molecule has 49 heavy (non-hydrogen) atoms. The quantitative estimate of drug-likeness (QED) is 0.164. The third-order valence-electron chi connectivity index (χ3n) is 9.62. The van der Waals surface area contributed by atoms with E-state index in [1.165, 1.54) is 6.42 Å². The average Bonchev–Trinajstić information content (AvgIpc) is 3.68. The molecule has 1 N–H and O–H groups in total. The second kappa shape index (κ2) is 14.1. The van der Waals surface area contributed by atoms with E-state index in [-0.39, 0.29) is 24.0 Å². The molecule has 13 nitrogen and oxygen atoms in total. The number of urea groups is 1. The van der Waals surface area contributed by atoms with Gasteiger partial charge in [-0.25, -0.2) is 9.48 Å². The van der Waals surface area contributed by atoms with Gasteiger partial charge in [0.2, 0.25) is 5.95 Å². The van der Waals surface area contributed by atoms with Crippen LogP contribution >= 0.6 is 0 Å². The molecule has 4 heterocycles. The highest BCUT2D eigenvalue weighted by molar-refractivity contribution is 5.90. The van der Waals surface area contributed by atoms with Gasteiger partial charge in [0.15, 0.2) is 11.5 Å². The van der Waals surface area contributed by atoms with E-state index in [2.05, 4.69) is 55.0 Å². The van der Waals surface area contributed by atoms with E-state index >= 15 is 0 Å². The molecule has 2 amide bonds. The highest BCUT2D eigenvalue weighted by Gasteiger charge is 2.34. The number of nitrogens with one attached hydrogen (secondary N) is 1. The van der Waals surface area contributed by atoms with E-state index in [0.717, 1.165) is 52.1 Å². The fourth-order valence-corrected chi connectivity index (χ4v) is 6.96. The Morgan fingerprint density at radius 1 is 1.02 bits per heavy atom. The Morgan fingerprint density at radius 3 is 2.45 bits per heavy atom. The molecule has 6 rings (SSSR count). The van der Waals surface area contributed by atoms with Crippen LogP contribution in [0.2, 0.25) is 0 Å². The minimum absolute atomic E-state index is 0.223. The zero-order valence-electron chi connectivity index (χ0n) is 29.7. The summed E-state index contributed by atoms with van der Waals surface area (Å²) in [7, 11) is 3.94. The number of rotatable bonds is 10. The number of hydrogen-bond acceptors (Lipinski definition) is 9. The fraction of sp³-hybridized carbons (Fsp3) is 0.528. The lowest BCUT2D eigenvalue weighted by atomic mass is 9.85. The van der Waals surface area contributed by atoms with Gasteiger partial charge in [0.1, 0.15) is 11.9 Å². The third-order valence-corrected chi connectivity index (χ3v) is 9.62. The SMILES string of the molecule is C[C@@H]1CCC[C@H](C)N1c1nnc2ccc(O[C@@H]3CC[C@H](NC(=O)N(OC=O)c4cc(C(C)(C)C)nn4CCN(C)C)c4ccccc43)cn12. The number of amides is 2. The zero-order valence-corrected chi connectivity index (χ0v) is 29.7. The number of nitrogens with zero attached hydrogens (tertiary/aromatic N) is 8. The molecule has 1 aromatic carbocycles. The van der Waals surface area contributed by atoms with E-state index in [0.29, 0.717) is 43.8 Å². The molecule has 1 aliphatic heterocycles. The number of aromatic nitrogens is 5. The number of carbonyl (C=O) groups excluding carboxylic acids is 2. The van der Waals surface area contributed by atoms with Crippen LogP contribution in [0.1, 0.15) is 95.7 Å². The van der Waals surface area contributed by atoms with E-state index < -0.39 is 6.03 Å². The van der Waals surface area contributed by atoms with Crippen molar-refractivity contribution in [2.45, 2.75) is 103 Å². The zero-order chi connectivity index (χ0) is 34.9. The van der Waals surface area contributed by atoms with Gasteiger partial charge in [-0.05, 0) is 83.3 Å². The molecule has 1 aliphatic carbocycles. The summed E-state index contributed by atoms with van der Waals surface area (Å²) in [6.07, 6.45) is 6.52. The number of benzene rings is 1. The Balaban J connectivity index is 1.23. The van der Waals surface area contributed by atoms with Crippen LogP contribution in [0.15, 0.2) is 48.7 Å². The number of ether oxygens (including phenoxy) is 1. The van der Waals surface area contributed by atoms with Gasteiger partial charge >= 0.3 is 12.5 Å². The summed E-state index contributed by atoms with van der Waals surface area (Å²) >= 11 is 0. The molecule has 1 fully saturated rings. The molecule has 13 heteroatoms. The summed E-state index contributed by atoms with van der Waals surface area (Å²) in [6.45, 7) is 12.1. The summed E-state index contributed by atoms with van der Waals surface area (Å²) in [4.78, 5) is 35.3. The molecule has 3 aromatic heterocycles. The molecule has 4 aromatic rings. The second-order valence-electron chi connectivity index (χ2n) is 14.6. The van der Waals surface area contributed by atoms with Crippen LogP contribution < -0.4 is 20.0 Å². The molecule has 2 aliphatic rings. The number of carbonyl (C=O) groups is 2. The van der Waals surface area contributed by atoms with Crippen molar-refractivity contribution in [3.8, 4) is 5.75 Å². The first-order valence-corrected chi connectivity index (χ1v) is 17.3. The Bertz CT molecular complexity index is 1770. The highest BCUT2D eigenvalue weighted by Crippen LogP contribution is 2.39. The van der Waals surface area contributed by atoms with Crippen molar-refractivity contribution in [2.75, 3.05) is 30.6 Å². The molecular weight excluding hydrogens is 622 g/mol. The number of likely N-dealkylation sites (N-methyl/N-ethyl adjacent to an activating group) is 1. The number of hydroxylamine groups is 1. The Hall–Kier alpha value is -4.65. The topological polar surface area (TPSA) is 122 Å². The van der Waals surface area contributed by atoms with Crippen LogP contribution in [0.5, 0.6) is 5.75 Å². The molecule has 4 atom stereocenters. The number of anilines is 2. The standard InChI is InChI=1S/C36H49N9O4/c1-24-11-10-12-25(2)44(24)34-39-38-32-18-15-26(22-42(32)34)49-30-17-16-29(27-13-8-9-14-28(27)30)37-35(47)45(48-23-46)33-21-31(36(3,4)5)40-43(33)20-19-41(6)7/h8-9,13-15,18,21-25,29-30H,10-12,16-17,19-20H2,1-7H3,(H,37,47)/t24-,25+,29-,30+/m0/s1. The molecule has 0 spiro atoms. The van der Waals surface area contributed by atoms with E-state index in [1.54, 1.807) is 4.68 Å². The van der Waals surface area contributed by atoms with Crippen molar-refractivity contribution in [1.82, 2.24) is 34.6 Å². The summed E-state index contributed by atoms with van der Waals surface area (Å²) in [5.74, 6) is 1.95. The molecule has 0 unspecified atom stereocenters. The highest BCUT2D eigenvalue weighted by atomic mass is 16.7. The van der Waals surface area contributed by atoms with Crippen LogP contribution in [0.25, 0.3) is 5.65 Å². The van der Waals surface area contributed by atoms with Gasteiger partial charge < -0.3 is 24.7 Å².